The number of hydrogen-bond donors (Lipinski definition) is 1. The van der Waals surface area contributed by atoms with Crippen LogP contribution in [0.2, 0.25) is 0 Å². The molecule has 0 aliphatic heterocycles. The molecule has 0 amide bonds. The Labute approximate surface area is 124 Å². The van der Waals surface area contributed by atoms with Gasteiger partial charge in [-0.1, -0.05) is 13.3 Å². The van der Waals surface area contributed by atoms with Gasteiger partial charge in [-0.3, -0.25) is 0 Å². The molecular weight excluding hydrogens is 268 g/mol. The number of aromatic nitrogens is 2. The van der Waals surface area contributed by atoms with Crippen molar-refractivity contribution in [3.63, 3.8) is 0 Å². The molecule has 0 spiro atoms. The van der Waals surface area contributed by atoms with Crippen molar-refractivity contribution in [2.45, 2.75) is 32.6 Å². The summed E-state index contributed by atoms with van der Waals surface area (Å²) in [4.78, 5) is 14.1. The lowest BCUT2D eigenvalue weighted by Crippen LogP contribution is -2.30. The molecule has 20 heavy (non-hydrogen) atoms. The molecular formula is C15H22N4S. The predicted octanol–water partition coefficient (Wildman–Crippen LogP) is 3.53. The van der Waals surface area contributed by atoms with Crippen LogP contribution in [0.5, 0.6) is 0 Å². The highest BCUT2D eigenvalue weighted by molar-refractivity contribution is 7.18. The monoisotopic (exact) mass is 290 g/mol. The lowest BCUT2D eigenvalue weighted by molar-refractivity contribution is 0.321. The average molecular weight is 290 g/mol. The van der Waals surface area contributed by atoms with Crippen molar-refractivity contribution in [3.8, 4) is 0 Å². The van der Waals surface area contributed by atoms with E-state index in [9.17, 15) is 0 Å². The molecule has 2 aromatic rings. The van der Waals surface area contributed by atoms with Gasteiger partial charge in [-0.05, 0) is 31.2 Å². The van der Waals surface area contributed by atoms with Gasteiger partial charge in [0, 0.05) is 25.5 Å². The van der Waals surface area contributed by atoms with E-state index in [0.29, 0.717) is 0 Å². The minimum atomic E-state index is 0.720. The highest BCUT2D eigenvalue weighted by atomic mass is 32.1. The third kappa shape index (κ3) is 2.46. The van der Waals surface area contributed by atoms with E-state index >= 15 is 0 Å². The first-order valence-corrected chi connectivity index (χ1v) is 8.22. The van der Waals surface area contributed by atoms with Gasteiger partial charge in [0.25, 0.3) is 0 Å². The summed E-state index contributed by atoms with van der Waals surface area (Å²) in [6.07, 6.45) is 5.17. The number of anilines is 2. The third-order valence-corrected chi connectivity index (χ3v) is 5.29. The summed E-state index contributed by atoms with van der Waals surface area (Å²) in [5, 5.41) is 4.28. The molecule has 0 bridgehead atoms. The summed E-state index contributed by atoms with van der Waals surface area (Å²) in [5.74, 6) is 2.63. The Morgan fingerprint density at radius 1 is 1.40 bits per heavy atom. The molecule has 0 radical (unpaired) electrons. The Morgan fingerprint density at radius 3 is 2.80 bits per heavy atom. The van der Waals surface area contributed by atoms with Gasteiger partial charge >= 0.3 is 0 Å². The van der Waals surface area contributed by atoms with E-state index in [1.54, 1.807) is 11.3 Å². The maximum Gasteiger partial charge on any atom is 0.225 e. The Morgan fingerprint density at radius 2 is 2.20 bits per heavy atom. The van der Waals surface area contributed by atoms with E-state index in [1.165, 1.54) is 29.5 Å². The minimum absolute atomic E-state index is 0.720. The summed E-state index contributed by atoms with van der Waals surface area (Å²) >= 11 is 1.78. The first-order chi connectivity index (χ1) is 9.71. The van der Waals surface area contributed by atoms with E-state index in [2.05, 4.69) is 40.2 Å². The molecule has 3 rings (SSSR count). The van der Waals surface area contributed by atoms with Gasteiger partial charge in [0.05, 0.1) is 5.39 Å². The topological polar surface area (TPSA) is 41.1 Å². The first-order valence-electron chi connectivity index (χ1n) is 7.40. The smallest absolute Gasteiger partial charge is 0.225 e. The summed E-state index contributed by atoms with van der Waals surface area (Å²) < 4.78 is 0. The standard InChI is InChI=1S/C15H22N4S/c1-4-11-8-12-13(19(3)9-10-6-5-7-10)17-15(16-2)18-14(12)20-11/h8,10H,4-7,9H2,1-3H3,(H,16,17,18). The van der Waals surface area contributed by atoms with Crippen LogP contribution in [0, 0.1) is 5.92 Å². The second kappa shape index (κ2) is 5.56. The SMILES string of the molecule is CCc1cc2c(N(C)CC3CCC3)nc(NC)nc2s1. The van der Waals surface area contributed by atoms with Crippen molar-refractivity contribution >= 4 is 33.3 Å². The Kier molecular flexibility index (Phi) is 3.78. The summed E-state index contributed by atoms with van der Waals surface area (Å²) in [5.41, 5.74) is 0. The fraction of sp³-hybridized carbons (Fsp3) is 0.600. The van der Waals surface area contributed by atoms with Crippen LogP contribution < -0.4 is 10.2 Å². The number of nitrogens with one attached hydrogen (secondary N) is 1. The van der Waals surface area contributed by atoms with Crippen LogP contribution in [0.25, 0.3) is 10.2 Å². The minimum Gasteiger partial charge on any atom is -0.359 e. The second-order valence-electron chi connectivity index (χ2n) is 5.58. The molecule has 108 valence electrons. The highest BCUT2D eigenvalue weighted by Gasteiger charge is 2.21. The van der Waals surface area contributed by atoms with Crippen LogP contribution in [0.3, 0.4) is 0 Å². The Hall–Kier alpha value is -1.36. The maximum absolute atomic E-state index is 4.69. The van der Waals surface area contributed by atoms with Crippen LogP contribution in [0.15, 0.2) is 6.07 Å². The molecule has 0 unspecified atom stereocenters. The quantitative estimate of drug-likeness (QED) is 0.914. The van der Waals surface area contributed by atoms with Crippen molar-refractivity contribution in [1.29, 1.82) is 0 Å². The molecule has 1 N–H and O–H groups in total. The molecule has 2 heterocycles. The van der Waals surface area contributed by atoms with Crippen molar-refractivity contribution in [1.82, 2.24) is 9.97 Å². The van der Waals surface area contributed by atoms with Gasteiger partial charge in [-0.25, -0.2) is 4.98 Å². The number of fused-ring (bicyclic) bond motifs is 1. The highest BCUT2D eigenvalue weighted by Crippen LogP contribution is 2.34. The van der Waals surface area contributed by atoms with E-state index in [1.807, 2.05) is 7.05 Å². The second-order valence-corrected chi connectivity index (χ2v) is 6.70. The van der Waals surface area contributed by atoms with Crippen LogP contribution in [-0.4, -0.2) is 30.6 Å². The fourth-order valence-electron chi connectivity index (χ4n) is 2.68. The summed E-state index contributed by atoms with van der Waals surface area (Å²) in [7, 11) is 4.04. The van der Waals surface area contributed by atoms with Gasteiger partial charge in [0.15, 0.2) is 0 Å². The van der Waals surface area contributed by atoms with E-state index < -0.39 is 0 Å². The molecule has 4 nitrogen and oxygen atoms in total. The molecule has 0 saturated heterocycles. The van der Waals surface area contributed by atoms with Crippen LogP contribution in [0.4, 0.5) is 11.8 Å². The van der Waals surface area contributed by atoms with Gasteiger partial charge in [-0.15, -0.1) is 11.3 Å². The van der Waals surface area contributed by atoms with Gasteiger partial charge in [0.1, 0.15) is 10.6 Å². The van der Waals surface area contributed by atoms with Crippen molar-refractivity contribution < 1.29 is 0 Å². The number of nitrogens with zero attached hydrogens (tertiary/aromatic N) is 3. The zero-order valence-corrected chi connectivity index (χ0v) is 13.3. The predicted molar refractivity (Wildman–Crippen MR) is 87.0 cm³/mol. The fourth-order valence-corrected chi connectivity index (χ4v) is 3.64. The van der Waals surface area contributed by atoms with Crippen molar-refractivity contribution in [3.05, 3.63) is 10.9 Å². The number of hydrogen-bond acceptors (Lipinski definition) is 5. The van der Waals surface area contributed by atoms with Gasteiger partial charge < -0.3 is 10.2 Å². The van der Waals surface area contributed by atoms with Gasteiger partial charge in [0.2, 0.25) is 5.95 Å². The number of aryl methyl sites for hydroxylation is 1. The normalized spacial score (nSPS) is 15.3. The van der Waals surface area contributed by atoms with Crippen LogP contribution >= 0.6 is 11.3 Å². The molecule has 1 aliphatic rings. The van der Waals surface area contributed by atoms with Crippen LogP contribution in [-0.2, 0) is 6.42 Å². The largest absolute Gasteiger partial charge is 0.359 e. The number of rotatable bonds is 5. The van der Waals surface area contributed by atoms with E-state index in [0.717, 1.165) is 35.5 Å². The zero-order chi connectivity index (χ0) is 14.1. The number of thiophene rings is 1. The molecule has 1 fully saturated rings. The molecule has 2 aromatic heterocycles. The molecule has 0 aromatic carbocycles. The lowest BCUT2D eigenvalue weighted by atomic mass is 9.85. The summed E-state index contributed by atoms with van der Waals surface area (Å²) in [6.45, 7) is 3.29. The third-order valence-electron chi connectivity index (χ3n) is 4.11. The van der Waals surface area contributed by atoms with Gasteiger partial charge in [-0.2, -0.15) is 4.98 Å². The van der Waals surface area contributed by atoms with Crippen molar-refractivity contribution in [2.75, 3.05) is 30.9 Å². The maximum atomic E-state index is 4.69. The summed E-state index contributed by atoms with van der Waals surface area (Å²) in [6, 6.07) is 2.26. The zero-order valence-electron chi connectivity index (χ0n) is 12.4. The van der Waals surface area contributed by atoms with E-state index in [4.69, 9.17) is 0 Å². The molecule has 5 heteroatoms. The van der Waals surface area contributed by atoms with E-state index in [-0.39, 0.29) is 0 Å². The molecule has 0 atom stereocenters. The van der Waals surface area contributed by atoms with Crippen LogP contribution in [0.1, 0.15) is 31.1 Å². The Balaban J connectivity index is 1.99. The lowest BCUT2D eigenvalue weighted by Gasteiger charge is -2.31. The Bertz CT molecular complexity index is 603. The average Bonchev–Trinajstić information content (AvgIpc) is 2.84. The molecule has 1 aliphatic carbocycles. The molecule has 1 saturated carbocycles. The van der Waals surface area contributed by atoms with Crippen molar-refractivity contribution in [2.24, 2.45) is 5.92 Å². The first kappa shape index (κ1) is 13.6.